The Balaban J connectivity index is 1.42. The van der Waals surface area contributed by atoms with Crippen molar-refractivity contribution in [3.63, 3.8) is 0 Å². The number of benzene rings is 3. The van der Waals surface area contributed by atoms with E-state index in [-0.39, 0.29) is 0 Å². The molecular formula is C30H36F2Si. The molecule has 0 amide bonds. The van der Waals surface area contributed by atoms with Crippen LogP contribution in [0.5, 0.6) is 0 Å². The van der Waals surface area contributed by atoms with E-state index >= 15 is 0 Å². The van der Waals surface area contributed by atoms with Crippen molar-refractivity contribution in [1.82, 2.24) is 0 Å². The third kappa shape index (κ3) is 5.81. The first-order valence-electron chi connectivity index (χ1n) is 12.7. The maximum absolute atomic E-state index is 13.8. The van der Waals surface area contributed by atoms with Crippen molar-refractivity contribution in [3.8, 4) is 11.1 Å². The van der Waals surface area contributed by atoms with Crippen molar-refractivity contribution in [2.24, 2.45) is 5.92 Å². The van der Waals surface area contributed by atoms with E-state index in [2.05, 4.69) is 49.4 Å². The molecular weight excluding hydrogens is 426 g/mol. The van der Waals surface area contributed by atoms with E-state index in [9.17, 15) is 8.78 Å². The zero-order chi connectivity index (χ0) is 23.1. The molecule has 0 saturated carbocycles. The largest absolute Gasteiger partial charge is 0.204 e. The number of hydrogen-bond acceptors (Lipinski definition) is 0. The van der Waals surface area contributed by atoms with Gasteiger partial charge in [0.1, 0.15) is 0 Å². The standard InChI is InChI=1S/C30H36F2Si/c1-2-3-9-20-33(27-11-5-4-6-12-27)21-18-24(19-22-33)14-15-25-10-7-8-13-28(25)26-16-17-29(31)30(32)23-26/h4-8,10-13,16-17,23-24H,2-3,9,14-15,18-22H2,1H3. The van der Waals surface area contributed by atoms with Crippen LogP contribution in [0.3, 0.4) is 0 Å². The zero-order valence-corrected chi connectivity index (χ0v) is 20.8. The molecule has 0 bridgehead atoms. The summed E-state index contributed by atoms with van der Waals surface area (Å²) in [5.74, 6) is -0.804. The fourth-order valence-electron chi connectivity index (χ4n) is 5.75. The summed E-state index contributed by atoms with van der Waals surface area (Å²) in [4.78, 5) is 0. The molecule has 1 heterocycles. The fourth-order valence-corrected chi connectivity index (χ4v) is 11.1. The number of hydrogen-bond donors (Lipinski definition) is 0. The average Bonchev–Trinajstić information content (AvgIpc) is 2.86. The van der Waals surface area contributed by atoms with Crippen molar-refractivity contribution >= 4 is 13.3 Å². The quantitative estimate of drug-likeness (QED) is 0.221. The van der Waals surface area contributed by atoms with Gasteiger partial charge in [0.15, 0.2) is 11.6 Å². The molecule has 1 saturated heterocycles. The molecule has 0 spiro atoms. The van der Waals surface area contributed by atoms with Gasteiger partial charge in [-0.2, -0.15) is 0 Å². The predicted octanol–water partition coefficient (Wildman–Crippen LogP) is 8.52. The van der Waals surface area contributed by atoms with Crippen molar-refractivity contribution in [2.75, 3.05) is 0 Å². The second-order valence-electron chi connectivity index (χ2n) is 9.87. The van der Waals surface area contributed by atoms with Crippen LogP contribution in [-0.4, -0.2) is 8.07 Å². The Kier molecular flexibility index (Phi) is 8.14. The van der Waals surface area contributed by atoms with E-state index in [1.807, 2.05) is 12.1 Å². The SMILES string of the molecule is CCCCC[Si]1(c2ccccc2)CCC(CCc2ccccc2-c2ccc(F)c(F)c2)CC1. The highest BCUT2D eigenvalue weighted by Gasteiger charge is 2.38. The van der Waals surface area contributed by atoms with E-state index in [1.54, 1.807) is 11.3 Å². The zero-order valence-electron chi connectivity index (χ0n) is 19.8. The lowest BCUT2D eigenvalue weighted by molar-refractivity contribution is 0.434. The normalized spacial score (nSPS) is 20.6. The molecule has 1 fully saturated rings. The van der Waals surface area contributed by atoms with Crippen molar-refractivity contribution in [3.05, 3.63) is 90.0 Å². The molecule has 3 aromatic carbocycles. The van der Waals surface area contributed by atoms with Crippen LogP contribution in [0.25, 0.3) is 11.1 Å². The Bertz CT molecular complexity index is 1020. The molecule has 3 heteroatoms. The summed E-state index contributed by atoms with van der Waals surface area (Å²) < 4.78 is 27.2. The summed E-state index contributed by atoms with van der Waals surface area (Å²) >= 11 is 0. The van der Waals surface area contributed by atoms with E-state index in [0.29, 0.717) is 0 Å². The first-order valence-corrected chi connectivity index (χ1v) is 15.3. The molecule has 3 aromatic rings. The average molecular weight is 463 g/mol. The van der Waals surface area contributed by atoms with Gasteiger partial charge in [0, 0.05) is 0 Å². The van der Waals surface area contributed by atoms with Crippen LogP contribution in [0, 0.1) is 17.6 Å². The molecule has 0 aliphatic carbocycles. The van der Waals surface area contributed by atoms with Crippen LogP contribution >= 0.6 is 0 Å². The minimum absolute atomic E-state index is 0.763. The lowest BCUT2D eigenvalue weighted by Crippen LogP contribution is -2.50. The second-order valence-corrected chi connectivity index (χ2v) is 14.5. The summed E-state index contributed by atoms with van der Waals surface area (Å²) in [6, 6.07) is 28.1. The molecule has 1 aliphatic heterocycles. The van der Waals surface area contributed by atoms with Gasteiger partial charge in [-0.25, -0.2) is 8.78 Å². The number of rotatable bonds is 9. The Hall–Kier alpha value is -2.26. The van der Waals surface area contributed by atoms with Gasteiger partial charge in [-0.05, 0) is 47.6 Å². The Morgan fingerprint density at radius 3 is 2.27 bits per heavy atom. The third-order valence-electron chi connectivity index (χ3n) is 7.78. The first-order chi connectivity index (χ1) is 16.1. The summed E-state index contributed by atoms with van der Waals surface area (Å²) in [7, 11) is -1.40. The van der Waals surface area contributed by atoms with Gasteiger partial charge in [-0.3, -0.25) is 0 Å². The van der Waals surface area contributed by atoms with Crippen LogP contribution in [0.2, 0.25) is 18.1 Å². The molecule has 174 valence electrons. The van der Waals surface area contributed by atoms with Crippen molar-refractivity contribution in [1.29, 1.82) is 0 Å². The molecule has 0 atom stereocenters. The van der Waals surface area contributed by atoms with Crippen molar-refractivity contribution < 1.29 is 8.78 Å². The second kappa shape index (κ2) is 11.2. The number of aryl methyl sites for hydroxylation is 1. The molecule has 0 nitrogen and oxygen atoms in total. The minimum Gasteiger partial charge on any atom is -0.204 e. The van der Waals surface area contributed by atoms with Gasteiger partial charge in [-0.15, -0.1) is 0 Å². The Morgan fingerprint density at radius 2 is 1.55 bits per heavy atom. The number of halogens is 2. The number of unbranched alkanes of at least 4 members (excludes halogenated alkanes) is 2. The molecule has 0 radical (unpaired) electrons. The highest BCUT2D eigenvalue weighted by atomic mass is 28.3. The summed E-state index contributed by atoms with van der Waals surface area (Å²) in [5, 5.41) is 1.67. The third-order valence-corrected chi connectivity index (χ3v) is 13.1. The van der Waals surface area contributed by atoms with Crippen molar-refractivity contribution in [2.45, 2.75) is 70.0 Å². The highest BCUT2D eigenvalue weighted by Crippen LogP contribution is 2.38. The van der Waals surface area contributed by atoms with Gasteiger partial charge >= 0.3 is 0 Å². The topological polar surface area (TPSA) is 0 Å². The van der Waals surface area contributed by atoms with Gasteiger partial charge in [-0.1, -0.05) is 123 Å². The van der Waals surface area contributed by atoms with Crippen LogP contribution in [0.4, 0.5) is 8.78 Å². The fraction of sp³-hybridized carbons (Fsp3) is 0.400. The van der Waals surface area contributed by atoms with Gasteiger partial charge in [0.25, 0.3) is 0 Å². The highest BCUT2D eigenvalue weighted by molar-refractivity contribution is 6.92. The van der Waals surface area contributed by atoms with E-state index in [0.717, 1.165) is 23.5 Å². The maximum atomic E-state index is 13.8. The van der Waals surface area contributed by atoms with E-state index < -0.39 is 19.7 Å². The van der Waals surface area contributed by atoms with Crippen LogP contribution < -0.4 is 5.19 Å². The monoisotopic (exact) mass is 462 g/mol. The smallest absolute Gasteiger partial charge is 0.159 e. The predicted molar refractivity (Wildman–Crippen MR) is 139 cm³/mol. The molecule has 1 aliphatic rings. The van der Waals surface area contributed by atoms with Gasteiger partial charge in [0.05, 0.1) is 8.07 Å². The first kappa shape index (κ1) is 23.9. The Labute approximate surface area is 199 Å². The summed E-state index contributed by atoms with van der Waals surface area (Å²) in [6.45, 7) is 2.30. The summed E-state index contributed by atoms with van der Waals surface area (Å²) in [6.07, 6.45) is 8.86. The Morgan fingerprint density at radius 1 is 0.818 bits per heavy atom. The molecule has 0 unspecified atom stereocenters. The van der Waals surface area contributed by atoms with Gasteiger partial charge in [0.2, 0.25) is 0 Å². The minimum atomic E-state index is -1.40. The molecule has 4 rings (SSSR count). The summed E-state index contributed by atoms with van der Waals surface area (Å²) in [5.41, 5.74) is 3.03. The molecule has 0 N–H and O–H groups in total. The molecule has 33 heavy (non-hydrogen) atoms. The van der Waals surface area contributed by atoms with E-state index in [1.165, 1.54) is 74.4 Å². The molecule has 0 aromatic heterocycles. The lowest BCUT2D eigenvalue weighted by atomic mass is 9.91. The van der Waals surface area contributed by atoms with Crippen LogP contribution in [0.1, 0.15) is 51.0 Å². The lowest BCUT2D eigenvalue weighted by Gasteiger charge is -2.39. The van der Waals surface area contributed by atoms with Crippen LogP contribution in [-0.2, 0) is 6.42 Å². The van der Waals surface area contributed by atoms with Crippen LogP contribution in [0.15, 0.2) is 72.8 Å². The van der Waals surface area contributed by atoms with E-state index in [4.69, 9.17) is 0 Å². The maximum Gasteiger partial charge on any atom is 0.159 e. The van der Waals surface area contributed by atoms with Gasteiger partial charge < -0.3 is 0 Å².